The zero-order valence-corrected chi connectivity index (χ0v) is 13.6. The first-order chi connectivity index (χ1) is 9.69. The fourth-order valence-electron chi connectivity index (χ4n) is 1.97. The topological polar surface area (TPSA) is 36.9 Å². The third-order valence-corrected chi connectivity index (χ3v) is 4.20. The summed E-state index contributed by atoms with van der Waals surface area (Å²) in [5.41, 5.74) is -0.592. The lowest BCUT2D eigenvalue weighted by Gasteiger charge is -2.32. The average Bonchev–Trinajstić information content (AvgIpc) is 2.60. The summed E-state index contributed by atoms with van der Waals surface area (Å²) in [4.78, 5) is 0. The number of hydrogen-bond donors (Lipinski definition) is 0. The van der Waals surface area contributed by atoms with E-state index in [1.807, 2.05) is 27.7 Å². The van der Waals surface area contributed by atoms with Crippen LogP contribution in [0.5, 0.6) is 5.75 Å². The maximum absolute atomic E-state index is 14.2. The van der Waals surface area contributed by atoms with Gasteiger partial charge in [0.1, 0.15) is 0 Å². The fraction of sp³-hybridized carbons (Fsp3) is 0.571. The maximum atomic E-state index is 14.2. The van der Waals surface area contributed by atoms with E-state index in [2.05, 4.69) is 0 Å². The second kappa shape index (κ2) is 5.76. The van der Waals surface area contributed by atoms with Crippen LogP contribution in [-0.4, -0.2) is 32.2 Å². The van der Waals surface area contributed by atoms with Crippen LogP contribution in [0.15, 0.2) is 12.1 Å². The van der Waals surface area contributed by atoms with E-state index in [4.69, 9.17) is 30.4 Å². The summed E-state index contributed by atoms with van der Waals surface area (Å²) < 4.78 is 36.2. The van der Waals surface area contributed by atoms with Crippen LogP contribution in [0.3, 0.4) is 0 Å². The summed E-state index contributed by atoms with van der Waals surface area (Å²) in [6.07, 6.45) is 0. The number of halogens is 2. The standard InChI is InChI=1S/C14H19BClFO4/c1-13(2)14(3,4)21-15(20-13)9-6-7-10(16)11(17)12(9)19-8-18-5/h6-7H,8H2,1-5H3. The van der Waals surface area contributed by atoms with Crippen LogP contribution in [0, 0.1) is 5.82 Å². The van der Waals surface area contributed by atoms with E-state index in [9.17, 15) is 4.39 Å². The van der Waals surface area contributed by atoms with Crippen LogP contribution < -0.4 is 10.2 Å². The molecule has 0 radical (unpaired) electrons. The lowest BCUT2D eigenvalue weighted by molar-refractivity contribution is 0.00578. The monoisotopic (exact) mass is 316 g/mol. The van der Waals surface area contributed by atoms with Gasteiger partial charge in [-0.2, -0.15) is 0 Å². The van der Waals surface area contributed by atoms with Crippen molar-refractivity contribution in [2.45, 2.75) is 38.9 Å². The molecule has 0 N–H and O–H groups in total. The van der Waals surface area contributed by atoms with E-state index in [1.54, 1.807) is 6.07 Å². The van der Waals surface area contributed by atoms with Crippen LogP contribution in [-0.2, 0) is 14.0 Å². The normalized spacial score (nSPS) is 19.9. The summed E-state index contributed by atoms with van der Waals surface area (Å²) in [6.45, 7) is 7.61. The molecule has 1 aromatic carbocycles. The lowest BCUT2D eigenvalue weighted by atomic mass is 9.78. The van der Waals surface area contributed by atoms with Crippen molar-refractivity contribution in [3.63, 3.8) is 0 Å². The first-order valence-corrected chi connectivity index (χ1v) is 7.02. The fourth-order valence-corrected chi connectivity index (χ4v) is 2.12. The molecule has 4 nitrogen and oxygen atoms in total. The minimum absolute atomic E-state index is 0.0112. The summed E-state index contributed by atoms with van der Waals surface area (Å²) in [7, 11) is 0.727. The molecule has 116 valence electrons. The largest absolute Gasteiger partial charge is 0.498 e. The number of rotatable bonds is 4. The lowest BCUT2D eigenvalue weighted by Crippen LogP contribution is -2.41. The molecule has 1 aliphatic heterocycles. The zero-order chi connectivity index (χ0) is 15.8. The third-order valence-electron chi connectivity index (χ3n) is 3.91. The van der Waals surface area contributed by atoms with Gasteiger partial charge in [-0.3, -0.25) is 0 Å². The summed E-state index contributed by atoms with van der Waals surface area (Å²) in [5.74, 6) is -0.663. The molecule has 1 saturated heterocycles. The van der Waals surface area contributed by atoms with Gasteiger partial charge < -0.3 is 18.8 Å². The Labute approximate surface area is 129 Å². The highest BCUT2D eigenvalue weighted by molar-refractivity contribution is 6.63. The van der Waals surface area contributed by atoms with Gasteiger partial charge in [0.15, 0.2) is 18.4 Å². The molecular weight excluding hydrogens is 297 g/mol. The highest BCUT2D eigenvalue weighted by atomic mass is 35.5. The molecule has 0 atom stereocenters. The molecule has 1 aromatic rings. The Morgan fingerprint density at radius 1 is 1.19 bits per heavy atom. The Kier molecular flexibility index (Phi) is 4.54. The second-order valence-electron chi connectivity index (χ2n) is 5.92. The number of hydrogen-bond acceptors (Lipinski definition) is 4. The van der Waals surface area contributed by atoms with E-state index in [-0.39, 0.29) is 17.6 Å². The summed E-state index contributed by atoms with van der Waals surface area (Å²) in [6, 6.07) is 3.09. The average molecular weight is 317 g/mol. The van der Waals surface area contributed by atoms with Crippen molar-refractivity contribution in [3.05, 3.63) is 23.0 Å². The predicted molar refractivity (Wildman–Crippen MR) is 79.6 cm³/mol. The first-order valence-electron chi connectivity index (χ1n) is 6.65. The van der Waals surface area contributed by atoms with E-state index in [0.717, 1.165) is 0 Å². The number of ether oxygens (including phenoxy) is 2. The highest BCUT2D eigenvalue weighted by Crippen LogP contribution is 2.37. The van der Waals surface area contributed by atoms with Gasteiger partial charge in [-0.15, -0.1) is 0 Å². The molecule has 2 rings (SSSR count). The third kappa shape index (κ3) is 3.04. The Balaban J connectivity index is 2.39. The molecule has 1 aliphatic rings. The van der Waals surface area contributed by atoms with Crippen molar-refractivity contribution in [3.8, 4) is 5.75 Å². The molecule has 0 unspecified atom stereocenters. The molecule has 0 spiro atoms. The zero-order valence-electron chi connectivity index (χ0n) is 12.8. The SMILES string of the molecule is COCOc1c(B2OC(C)(C)C(C)(C)O2)ccc(Cl)c1F. The molecule has 0 saturated carbocycles. The molecular formula is C14H19BClFO4. The van der Waals surface area contributed by atoms with Gasteiger partial charge in [0.2, 0.25) is 0 Å². The van der Waals surface area contributed by atoms with Crippen LogP contribution >= 0.6 is 11.6 Å². The number of benzene rings is 1. The molecule has 1 heterocycles. The maximum Gasteiger partial charge on any atom is 0.498 e. The predicted octanol–water partition coefficient (Wildman–Crippen LogP) is 2.76. The minimum Gasteiger partial charge on any atom is -0.465 e. The molecule has 0 bridgehead atoms. The molecule has 0 aliphatic carbocycles. The van der Waals surface area contributed by atoms with Gasteiger partial charge in [-0.1, -0.05) is 17.7 Å². The molecule has 0 amide bonds. The van der Waals surface area contributed by atoms with Crippen molar-refractivity contribution in [1.82, 2.24) is 0 Å². The van der Waals surface area contributed by atoms with E-state index < -0.39 is 24.1 Å². The van der Waals surface area contributed by atoms with Gasteiger partial charge in [0.05, 0.1) is 16.2 Å². The first kappa shape index (κ1) is 16.6. The van der Waals surface area contributed by atoms with E-state index >= 15 is 0 Å². The van der Waals surface area contributed by atoms with Crippen molar-refractivity contribution >= 4 is 24.2 Å². The Hall–Kier alpha value is -0.815. The van der Waals surface area contributed by atoms with Crippen molar-refractivity contribution in [2.75, 3.05) is 13.9 Å². The van der Waals surface area contributed by atoms with Crippen LogP contribution in [0.4, 0.5) is 4.39 Å². The Morgan fingerprint density at radius 3 is 2.29 bits per heavy atom. The van der Waals surface area contributed by atoms with Crippen LogP contribution in [0.25, 0.3) is 0 Å². The summed E-state index contributed by atoms with van der Waals surface area (Å²) in [5, 5.41) is -0.0265. The second-order valence-corrected chi connectivity index (χ2v) is 6.33. The van der Waals surface area contributed by atoms with E-state index in [1.165, 1.54) is 13.2 Å². The van der Waals surface area contributed by atoms with Crippen molar-refractivity contribution in [1.29, 1.82) is 0 Å². The van der Waals surface area contributed by atoms with Gasteiger partial charge >= 0.3 is 7.12 Å². The summed E-state index contributed by atoms with van der Waals surface area (Å²) >= 11 is 5.81. The van der Waals surface area contributed by atoms with Crippen molar-refractivity contribution < 1.29 is 23.2 Å². The van der Waals surface area contributed by atoms with E-state index in [0.29, 0.717) is 5.46 Å². The van der Waals surface area contributed by atoms with Crippen LogP contribution in [0.1, 0.15) is 27.7 Å². The van der Waals surface area contributed by atoms with Crippen LogP contribution in [0.2, 0.25) is 5.02 Å². The molecule has 0 aromatic heterocycles. The number of methoxy groups -OCH3 is 1. The van der Waals surface area contributed by atoms with Gasteiger partial charge in [-0.25, -0.2) is 4.39 Å². The van der Waals surface area contributed by atoms with Gasteiger partial charge in [0, 0.05) is 12.6 Å². The molecule has 21 heavy (non-hydrogen) atoms. The highest BCUT2D eigenvalue weighted by Gasteiger charge is 2.52. The van der Waals surface area contributed by atoms with Crippen molar-refractivity contribution in [2.24, 2.45) is 0 Å². The van der Waals surface area contributed by atoms with Gasteiger partial charge in [-0.05, 0) is 33.8 Å². The quantitative estimate of drug-likeness (QED) is 0.632. The Bertz CT molecular complexity index is 520. The van der Waals surface area contributed by atoms with Gasteiger partial charge in [0.25, 0.3) is 0 Å². The molecule has 7 heteroatoms. The minimum atomic E-state index is -0.728. The smallest absolute Gasteiger partial charge is 0.465 e. The molecule has 1 fully saturated rings. The Morgan fingerprint density at radius 2 is 1.76 bits per heavy atom.